The van der Waals surface area contributed by atoms with Gasteiger partial charge in [-0.25, -0.2) is 0 Å². The van der Waals surface area contributed by atoms with E-state index < -0.39 is 11.6 Å². The number of aromatic nitrogens is 1. The first kappa shape index (κ1) is 38.7. The van der Waals surface area contributed by atoms with E-state index in [1.165, 1.54) is 29.6 Å². The van der Waals surface area contributed by atoms with Crippen LogP contribution >= 0.6 is 21.6 Å². The molecule has 4 aliphatic rings. The van der Waals surface area contributed by atoms with E-state index in [1.807, 2.05) is 63.5 Å². The molecule has 9 heteroatoms. The molecule has 52 heavy (non-hydrogen) atoms. The van der Waals surface area contributed by atoms with Crippen LogP contribution in [0.3, 0.4) is 0 Å². The molecule has 2 saturated carbocycles. The smallest absolute Gasteiger partial charge is 0.326 e. The summed E-state index contributed by atoms with van der Waals surface area (Å²) in [5, 5.41) is 0. The largest absolute Gasteiger partial charge is 0.462 e. The molecule has 1 heterocycles. The van der Waals surface area contributed by atoms with Crippen LogP contribution < -0.4 is 0 Å². The van der Waals surface area contributed by atoms with Crippen LogP contribution in [0.5, 0.6) is 0 Å². The van der Waals surface area contributed by atoms with Gasteiger partial charge in [-0.3, -0.25) is 19.4 Å². The van der Waals surface area contributed by atoms with Crippen LogP contribution in [0, 0.1) is 28.6 Å². The molecule has 7 nitrogen and oxygen atoms in total. The van der Waals surface area contributed by atoms with Gasteiger partial charge < -0.3 is 14.4 Å². The van der Waals surface area contributed by atoms with E-state index in [-0.39, 0.29) is 35.4 Å². The number of carbonyl (C=O) groups is 3. The maximum Gasteiger partial charge on any atom is 0.326 e. The van der Waals surface area contributed by atoms with Gasteiger partial charge in [0.2, 0.25) is 5.91 Å². The Morgan fingerprint density at radius 2 is 1.63 bits per heavy atom. The summed E-state index contributed by atoms with van der Waals surface area (Å²) in [6, 6.07) is 14.0. The van der Waals surface area contributed by atoms with Gasteiger partial charge in [-0.1, -0.05) is 89.6 Å². The second-order valence-electron chi connectivity index (χ2n) is 16.6. The van der Waals surface area contributed by atoms with E-state index in [2.05, 4.69) is 43.1 Å². The number of hydrogen-bond donors (Lipinski definition) is 0. The van der Waals surface area contributed by atoms with Crippen molar-refractivity contribution in [3.05, 3.63) is 83.7 Å². The van der Waals surface area contributed by atoms with Crippen LogP contribution in [-0.4, -0.2) is 57.5 Å². The highest BCUT2D eigenvalue weighted by Crippen LogP contribution is 2.66. The molecule has 0 aliphatic heterocycles. The molecule has 1 unspecified atom stereocenters. The molecule has 0 bridgehead atoms. The Labute approximate surface area is 318 Å². The van der Waals surface area contributed by atoms with Gasteiger partial charge in [0.25, 0.3) is 0 Å². The number of fused-ring (bicyclic) bond motifs is 5. The van der Waals surface area contributed by atoms with E-state index in [0.29, 0.717) is 48.6 Å². The number of allylic oxidation sites excluding steroid dienone is 3. The Balaban J connectivity index is 0.927. The first-order valence-corrected chi connectivity index (χ1v) is 21.6. The summed E-state index contributed by atoms with van der Waals surface area (Å²) in [5.74, 6) is 2.64. The van der Waals surface area contributed by atoms with Crippen LogP contribution in [0.15, 0.2) is 72.6 Å². The average Bonchev–Trinajstić information content (AvgIpc) is 3.47. The lowest BCUT2D eigenvalue weighted by molar-refractivity contribution is -0.159. The second kappa shape index (κ2) is 16.5. The number of ether oxygens (including phenoxy) is 2. The molecule has 4 aliphatic carbocycles. The minimum atomic E-state index is -0.613. The summed E-state index contributed by atoms with van der Waals surface area (Å²) in [6.45, 7) is 10.7. The summed E-state index contributed by atoms with van der Waals surface area (Å²) >= 11 is 0. The highest BCUT2D eigenvalue weighted by Gasteiger charge is 2.57. The minimum absolute atomic E-state index is 0.0431. The van der Waals surface area contributed by atoms with Crippen molar-refractivity contribution in [1.29, 1.82) is 0 Å². The van der Waals surface area contributed by atoms with E-state index in [4.69, 9.17) is 9.47 Å². The molecule has 6 rings (SSSR count). The summed E-state index contributed by atoms with van der Waals surface area (Å²) in [4.78, 5) is 44.6. The second-order valence-corrected chi connectivity index (χ2v) is 19.3. The summed E-state index contributed by atoms with van der Waals surface area (Å²) in [7, 11) is 3.17. The number of amides is 1. The zero-order chi connectivity index (χ0) is 36.9. The number of pyridine rings is 1. The van der Waals surface area contributed by atoms with Gasteiger partial charge in [-0.05, 0) is 111 Å². The zero-order valence-corrected chi connectivity index (χ0v) is 33.2. The van der Waals surface area contributed by atoms with E-state index in [9.17, 15) is 14.4 Å². The minimum Gasteiger partial charge on any atom is -0.462 e. The fourth-order valence-electron chi connectivity index (χ4n) is 9.61. The van der Waals surface area contributed by atoms with Gasteiger partial charge in [0.1, 0.15) is 18.2 Å². The van der Waals surface area contributed by atoms with Gasteiger partial charge >= 0.3 is 11.9 Å². The van der Waals surface area contributed by atoms with Crippen LogP contribution in [0.1, 0.15) is 104 Å². The van der Waals surface area contributed by atoms with Crippen molar-refractivity contribution in [3.8, 4) is 0 Å². The first-order chi connectivity index (χ1) is 24.9. The Bertz CT molecular complexity index is 1640. The predicted molar refractivity (Wildman–Crippen MR) is 211 cm³/mol. The van der Waals surface area contributed by atoms with E-state index in [1.54, 1.807) is 26.5 Å². The number of benzene rings is 1. The molecule has 0 spiro atoms. The number of esters is 2. The van der Waals surface area contributed by atoms with Crippen molar-refractivity contribution in [2.24, 2.45) is 28.6 Å². The Hall–Kier alpha value is -3.04. The maximum atomic E-state index is 13.2. The molecular formula is C43H56N2O5S2. The van der Waals surface area contributed by atoms with Crippen molar-refractivity contribution in [3.63, 3.8) is 0 Å². The number of rotatable bonds is 13. The van der Waals surface area contributed by atoms with Crippen LogP contribution in [0.2, 0.25) is 0 Å². The normalized spacial score (nSPS) is 28.0. The topological polar surface area (TPSA) is 85.8 Å². The van der Waals surface area contributed by atoms with Gasteiger partial charge in [-0.2, -0.15) is 0 Å². The quantitative estimate of drug-likeness (QED) is 0.0868. The Morgan fingerprint density at radius 3 is 2.37 bits per heavy atom. The first-order valence-electron chi connectivity index (χ1n) is 19.1. The van der Waals surface area contributed by atoms with E-state index >= 15 is 0 Å². The molecule has 1 aromatic heterocycles. The maximum absolute atomic E-state index is 13.2. The Morgan fingerprint density at radius 1 is 0.885 bits per heavy atom. The molecule has 2 aromatic rings. The van der Waals surface area contributed by atoms with Crippen LogP contribution in [-0.2, 0) is 30.4 Å². The highest BCUT2D eigenvalue weighted by atomic mass is 33.1. The molecule has 1 amide bonds. The van der Waals surface area contributed by atoms with Gasteiger partial charge in [0.15, 0.2) is 0 Å². The van der Waals surface area contributed by atoms with Gasteiger partial charge in [0, 0.05) is 43.3 Å². The standard InChI is InChI=1S/C43H56N2O5S2/c1-41(2,3)50-40(48)29-45(28-30-10-7-6-8-11-30)38(46)19-24-51-52-25-20-39(47)49-33-17-21-42(4)32(26-33)13-14-34-36-16-15-35(31-12-9-23-44-27-31)43(36,5)22-18-37(34)42/h6-13,15,23,27,33-34,36-37H,14,16-22,24-26,28-29H2,1-5H3/t33-,34?,36-,37-,42-,43+/m0/s1. The fraction of sp³-hybridized carbons (Fsp3) is 0.581. The van der Waals surface area contributed by atoms with Crippen LogP contribution in [0.25, 0.3) is 5.57 Å². The average molecular weight is 745 g/mol. The lowest BCUT2D eigenvalue weighted by Crippen LogP contribution is -2.50. The number of hydrogen-bond acceptors (Lipinski definition) is 8. The summed E-state index contributed by atoms with van der Waals surface area (Å²) in [5.41, 5.74) is 5.07. The molecule has 280 valence electrons. The third kappa shape index (κ3) is 9.00. The highest BCUT2D eigenvalue weighted by molar-refractivity contribution is 8.76. The van der Waals surface area contributed by atoms with Crippen LogP contribution in [0.4, 0.5) is 0 Å². The molecular weight excluding hydrogens is 689 g/mol. The number of nitrogens with zero attached hydrogens (tertiary/aromatic N) is 2. The lowest BCUT2D eigenvalue weighted by Gasteiger charge is -2.57. The van der Waals surface area contributed by atoms with Gasteiger partial charge in [0.05, 0.1) is 6.42 Å². The van der Waals surface area contributed by atoms with Crippen molar-refractivity contribution in [2.45, 2.75) is 111 Å². The summed E-state index contributed by atoms with van der Waals surface area (Å²) in [6.07, 6.45) is 17.2. The third-order valence-corrected chi connectivity index (χ3v) is 14.5. The molecule has 2 fully saturated rings. The van der Waals surface area contributed by atoms with E-state index in [0.717, 1.165) is 37.7 Å². The lowest BCUT2D eigenvalue weighted by atomic mass is 9.47. The van der Waals surface area contributed by atoms with Crippen molar-refractivity contribution in [2.75, 3.05) is 18.1 Å². The van der Waals surface area contributed by atoms with Crippen molar-refractivity contribution in [1.82, 2.24) is 9.88 Å². The SMILES string of the molecule is CC(C)(C)OC(=O)CN(Cc1ccccc1)C(=O)CCSSCCC(=O)O[C@H]1CC[C@@]2(C)C(=CCC3[C@@H]2CC[C@]2(C)C(c4cccnc4)=CC[C@@H]32)C1. The van der Waals surface area contributed by atoms with Crippen molar-refractivity contribution < 1.29 is 23.9 Å². The monoisotopic (exact) mass is 744 g/mol. The Kier molecular flexibility index (Phi) is 12.3. The molecule has 0 radical (unpaired) electrons. The molecule has 6 atom stereocenters. The zero-order valence-electron chi connectivity index (χ0n) is 31.6. The fourth-order valence-corrected chi connectivity index (χ4v) is 11.6. The predicted octanol–water partition coefficient (Wildman–Crippen LogP) is 9.48. The number of carbonyl (C=O) groups excluding carboxylic acids is 3. The van der Waals surface area contributed by atoms with Crippen molar-refractivity contribution >= 4 is 45.0 Å². The molecule has 0 N–H and O–H groups in total. The third-order valence-electron chi connectivity index (χ3n) is 12.1. The van der Waals surface area contributed by atoms with Gasteiger partial charge in [-0.15, -0.1) is 0 Å². The molecule has 1 aromatic carbocycles. The molecule has 0 saturated heterocycles. The summed E-state index contributed by atoms with van der Waals surface area (Å²) < 4.78 is 11.5.